The predicted octanol–water partition coefficient (Wildman–Crippen LogP) is 5.83. The van der Waals surface area contributed by atoms with Gasteiger partial charge >= 0.3 is 6.18 Å². The molecule has 0 saturated carbocycles. The summed E-state index contributed by atoms with van der Waals surface area (Å²) in [6.07, 6.45) is -0.822. The molecule has 2 aromatic rings. The summed E-state index contributed by atoms with van der Waals surface area (Å²) in [6, 6.07) is 12.2. The average molecular weight is 411 g/mol. The van der Waals surface area contributed by atoms with Gasteiger partial charge in [-0.05, 0) is 48.2 Å². The number of thioether (sulfide) groups is 2. The van der Waals surface area contributed by atoms with Gasteiger partial charge in [-0.15, -0.1) is 11.8 Å². The number of rotatable bonds is 3. The van der Waals surface area contributed by atoms with Gasteiger partial charge in [0, 0.05) is 4.90 Å². The van der Waals surface area contributed by atoms with Crippen molar-refractivity contribution in [1.29, 1.82) is 0 Å². The smallest absolute Gasteiger partial charge is 0.268 e. The molecule has 0 atom stereocenters. The van der Waals surface area contributed by atoms with Crippen LogP contribution in [0.5, 0.6) is 0 Å². The third-order valence-corrected chi connectivity index (χ3v) is 5.68. The summed E-state index contributed by atoms with van der Waals surface area (Å²) in [5, 5.41) is 0. The highest BCUT2D eigenvalue weighted by Crippen LogP contribution is 2.38. The molecule has 134 valence electrons. The number of alkyl halides is 3. The van der Waals surface area contributed by atoms with E-state index in [0.717, 1.165) is 39.3 Å². The van der Waals surface area contributed by atoms with E-state index in [-0.39, 0.29) is 10.0 Å². The fourth-order valence-electron chi connectivity index (χ4n) is 2.36. The molecular formula is C18H12F3NOS3. The maximum atomic E-state index is 12.9. The molecular weight excluding hydrogens is 399 g/mol. The number of anilines is 1. The topological polar surface area (TPSA) is 20.3 Å². The number of carbonyl (C=O) groups excluding carboxylic acids is 1. The lowest BCUT2D eigenvalue weighted by molar-refractivity contribution is -0.137. The highest BCUT2D eigenvalue weighted by Gasteiger charge is 2.36. The summed E-state index contributed by atoms with van der Waals surface area (Å²) in [6.45, 7) is 0. The molecule has 1 aliphatic heterocycles. The number of carbonyl (C=O) groups is 1. The predicted molar refractivity (Wildman–Crippen MR) is 105 cm³/mol. The van der Waals surface area contributed by atoms with Crippen LogP contribution in [0.4, 0.5) is 18.9 Å². The van der Waals surface area contributed by atoms with Crippen molar-refractivity contribution in [2.45, 2.75) is 11.1 Å². The van der Waals surface area contributed by atoms with E-state index in [1.54, 1.807) is 17.8 Å². The number of benzene rings is 2. The standard InChI is InChI=1S/C18H12F3NOS3/c1-25-14-7-5-11(6-8-14)9-15-16(23)22(17(24)26-15)13-4-2-3-12(10-13)18(19,20)21/h2-10H,1H3/b15-9-. The summed E-state index contributed by atoms with van der Waals surface area (Å²) in [4.78, 5) is 15.3. The maximum absolute atomic E-state index is 12.9. The number of hydrogen-bond acceptors (Lipinski definition) is 4. The summed E-state index contributed by atoms with van der Waals surface area (Å²) in [5.41, 5.74) is 0.122. The van der Waals surface area contributed by atoms with Gasteiger partial charge in [-0.3, -0.25) is 9.69 Å². The van der Waals surface area contributed by atoms with Crippen molar-refractivity contribution in [2.24, 2.45) is 0 Å². The third kappa shape index (κ3) is 3.97. The van der Waals surface area contributed by atoms with Crippen LogP contribution in [0.3, 0.4) is 0 Å². The minimum Gasteiger partial charge on any atom is -0.268 e. The van der Waals surface area contributed by atoms with E-state index in [1.807, 2.05) is 30.5 Å². The molecule has 2 nitrogen and oxygen atoms in total. The molecule has 0 N–H and O–H groups in total. The molecule has 0 unspecified atom stereocenters. The number of amides is 1. The second kappa shape index (κ2) is 7.46. The van der Waals surface area contributed by atoms with Gasteiger partial charge in [-0.1, -0.05) is 42.2 Å². The van der Waals surface area contributed by atoms with Crippen LogP contribution >= 0.6 is 35.7 Å². The Kier molecular flexibility index (Phi) is 5.45. The first kappa shape index (κ1) is 19.0. The van der Waals surface area contributed by atoms with Crippen LogP contribution in [0.1, 0.15) is 11.1 Å². The van der Waals surface area contributed by atoms with Crippen LogP contribution in [0.15, 0.2) is 58.3 Å². The molecule has 3 rings (SSSR count). The lowest BCUT2D eigenvalue weighted by atomic mass is 10.1. The average Bonchev–Trinajstić information content (AvgIpc) is 2.88. The van der Waals surface area contributed by atoms with E-state index in [9.17, 15) is 18.0 Å². The van der Waals surface area contributed by atoms with E-state index >= 15 is 0 Å². The molecule has 1 heterocycles. The van der Waals surface area contributed by atoms with Gasteiger partial charge in [-0.2, -0.15) is 13.2 Å². The van der Waals surface area contributed by atoms with Crippen molar-refractivity contribution in [3.63, 3.8) is 0 Å². The zero-order valence-electron chi connectivity index (χ0n) is 13.4. The van der Waals surface area contributed by atoms with Crippen molar-refractivity contribution in [3.8, 4) is 0 Å². The quantitative estimate of drug-likeness (QED) is 0.359. The van der Waals surface area contributed by atoms with Crippen LogP contribution in [0.2, 0.25) is 0 Å². The van der Waals surface area contributed by atoms with Crippen LogP contribution < -0.4 is 4.90 Å². The summed E-state index contributed by atoms with van der Waals surface area (Å²) in [7, 11) is 0. The Hall–Kier alpha value is -1.77. The van der Waals surface area contributed by atoms with Gasteiger partial charge in [0.1, 0.15) is 0 Å². The van der Waals surface area contributed by atoms with Crippen LogP contribution in [0.25, 0.3) is 6.08 Å². The summed E-state index contributed by atoms with van der Waals surface area (Å²) >= 11 is 7.90. The fourth-order valence-corrected chi connectivity index (χ4v) is 4.07. The molecule has 1 saturated heterocycles. The maximum Gasteiger partial charge on any atom is 0.416 e. The molecule has 1 amide bonds. The molecule has 0 spiro atoms. The molecule has 0 radical (unpaired) electrons. The van der Waals surface area contributed by atoms with Gasteiger partial charge in [0.15, 0.2) is 4.32 Å². The van der Waals surface area contributed by atoms with E-state index in [0.29, 0.717) is 4.91 Å². The zero-order valence-corrected chi connectivity index (χ0v) is 15.9. The van der Waals surface area contributed by atoms with Gasteiger partial charge in [-0.25, -0.2) is 0 Å². The van der Waals surface area contributed by atoms with Crippen molar-refractivity contribution in [3.05, 3.63) is 64.6 Å². The number of hydrogen-bond donors (Lipinski definition) is 0. The van der Waals surface area contributed by atoms with Gasteiger partial charge in [0.05, 0.1) is 16.2 Å². The normalized spacial score (nSPS) is 16.6. The summed E-state index contributed by atoms with van der Waals surface area (Å²) < 4.78 is 39.0. The Balaban J connectivity index is 1.90. The molecule has 8 heteroatoms. The largest absolute Gasteiger partial charge is 0.416 e. The molecule has 1 fully saturated rings. The first-order valence-corrected chi connectivity index (χ1v) is 9.84. The van der Waals surface area contributed by atoms with Gasteiger partial charge < -0.3 is 0 Å². The first-order chi connectivity index (χ1) is 12.3. The van der Waals surface area contributed by atoms with E-state index in [1.165, 1.54) is 12.1 Å². The SMILES string of the molecule is CSc1ccc(/C=C2\SC(=S)N(c3cccc(C(F)(F)F)c3)C2=O)cc1. The summed E-state index contributed by atoms with van der Waals surface area (Å²) in [5.74, 6) is -0.423. The van der Waals surface area contributed by atoms with Crippen LogP contribution in [0, 0.1) is 0 Å². The minimum absolute atomic E-state index is 0.114. The van der Waals surface area contributed by atoms with E-state index in [2.05, 4.69) is 0 Å². The first-order valence-electron chi connectivity index (χ1n) is 7.39. The molecule has 2 aromatic carbocycles. The van der Waals surface area contributed by atoms with E-state index < -0.39 is 17.6 Å². The Morgan fingerprint density at radius 2 is 1.85 bits per heavy atom. The van der Waals surface area contributed by atoms with Gasteiger partial charge in [0.25, 0.3) is 5.91 Å². The Bertz CT molecular complexity index is 891. The lowest BCUT2D eigenvalue weighted by Crippen LogP contribution is -2.27. The highest BCUT2D eigenvalue weighted by molar-refractivity contribution is 8.27. The van der Waals surface area contributed by atoms with Crippen molar-refractivity contribution < 1.29 is 18.0 Å². The van der Waals surface area contributed by atoms with Crippen LogP contribution in [-0.2, 0) is 11.0 Å². The molecule has 0 aliphatic carbocycles. The Morgan fingerprint density at radius 3 is 2.46 bits per heavy atom. The lowest BCUT2D eigenvalue weighted by Gasteiger charge is -2.16. The molecule has 0 bridgehead atoms. The zero-order chi connectivity index (χ0) is 18.9. The number of thiocarbonyl (C=S) groups is 1. The van der Waals surface area contributed by atoms with E-state index in [4.69, 9.17) is 12.2 Å². The Labute approximate surface area is 162 Å². The third-order valence-electron chi connectivity index (χ3n) is 3.64. The van der Waals surface area contributed by atoms with Crippen molar-refractivity contribution in [2.75, 3.05) is 11.2 Å². The minimum atomic E-state index is -4.48. The molecule has 0 aromatic heterocycles. The molecule has 1 aliphatic rings. The second-order valence-corrected chi connectivity index (χ2v) is 7.89. The monoisotopic (exact) mass is 411 g/mol. The molecule has 26 heavy (non-hydrogen) atoms. The fraction of sp³-hybridized carbons (Fsp3) is 0.111. The van der Waals surface area contributed by atoms with Crippen LogP contribution in [-0.4, -0.2) is 16.5 Å². The highest BCUT2D eigenvalue weighted by atomic mass is 32.2. The van der Waals surface area contributed by atoms with Gasteiger partial charge in [0.2, 0.25) is 0 Å². The van der Waals surface area contributed by atoms with Crippen molar-refractivity contribution in [1.82, 2.24) is 0 Å². The number of halogens is 3. The Morgan fingerprint density at radius 1 is 1.15 bits per heavy atom. The second-order valence-electron chi connectivity index (χ2n) is 5.34. The van der Waals surface area contributed by atoms with Crippen molar-refractivity contribution >= 4 is 57.7 Å². The number of nitrogens with zero attached hydrogens (tertiary/aromatic N) is 1.